The second kappa shape index (κ2) is 24.7. The Bertz CT molecular complexity index is 1420. The standard InChI is InChI=1S/C10H10BrClINO.C10H9BrINO.C6H5BrIN.C4H6Cl2O/c11-8-6-7(13)3-4-9(8)14-10(15)2-1-5-12;11-8-6-7(12)3-4-9(8)13-5-1-2-10(13)14;7-5-3-4(8)1-2-6(5)9;5-3-1-2-4(6)7/h3-4,6H,1-2,5H2,(H,14,15);3-4,6H,1-2,5H2;1-3H,9H2;1-3H2. The zero-order chi connectivity index (χ0) is 33.9. The second-order valence-corrected chi connectivity index (χ2v) is 16.5. The van der Waals surface area contributed by atoms with Crippen molar-refractivity contribution in [3.8, 4) is 0 Å². The number of nitrogens with one attached hydrogen (secondary N) is 1. The van der Waals surface area contributed by atoms with Crippen LogP contribution >= 0.6 is 150 Å². The van der Waals surface area contributed by atoms with Crippen LogP contribution in [0.1, 0.15) is 38.5 Å². The maximum atomic E-state index is 11.5. The molecule has 6 nitrogen and oxygen atoms in total. The minimum absolute atomic E-state index is 0.00226. The smallest absolute Gasteiger partial charge is 0.227 e. The largest absolute Gasteiger partial charge is 0.398 e. The molecule has 0 aliphatic carbocycles. The average molecular weight is 1210 g/mol. The maximum Gasteiger partial charge on any atom is 0.227 e. The van der Waals surface area contributed by atoms with Crippen LogP contribution < -0.4 is 16.0 Å². The lowest BCUT2D eigenvalue weighted by atomic mass is 10.3. The molecule has 1 aliphatic rings. The van der Waals surface area contributed by atoms with Gasteiger partial charge in [-0.25, -0.2) is 0 Å². The number of hydrogen-bond acceptors (Lipinski definition) is 4. The number of rotatable bonds is 8. The molecule has 3 aromatic rings. The summed E-state index contributed by atoms with van der Waals surface area (Å²) >= 11 is 32.6. The molecule has 2 amide bonds. The molecule has 246 valence electrons. The van der Waals surface area contributed by atoms with Gasteiger partial charge in [-0.2, -0.15) is 0 Å². The molecule has 1 aliphatic heterocycles. The van der Waals surface area contributed by atoms with Gasteiger partial charge in [0.25, 0.3) is 0 Å². The van der Waals surface area contributed by atoms with Gasteiger partial charge in [0.2, 0.25) is 17.1 Å². The molecule has 4 rings (SSSR count). The average Bonchev–Trinajstić information content (AvgIpc) is 3.40. The molecule has 1 heterocycles. The number of nitrogens with two attached hydrogens (primary N) is 1. The van der Waals surface area contributed by atoms with Crippen molar-refractivity contribution in [1.29, 1.82) is 0 Å². The number of nitrogen functional groups attached to an aromatic ring is 1. The predicted molar refractivity (Wildman–Crippen MR) is 226 cm³/mol. The SMILES string of the molecule is Nc1ccc(I)cc1Br.O=C(CCCCl)Nc1ccc(I)cc1Br.O=C(Cl)CCCCl.O=C1CCCN1c1ccc(I)cc1Br. The first-order valence-corrected chi connectivity index (χ1v) is 20.4. The summed E-state index contributed by atoms with van der Waals surface area (Å²) in [5.74, 6) is 1.25. The predicted octanol–water partition coefficient (Wildman–Crippen LogP) is 11.6. The summed E-state index contributed by atoms with van der Waals surface area (Å²) in [6.45, 7) is 0.845. The molecule has 1 fully saturated rings. The van der Waals surface area contributed by atoms with Gasteiger partial charge in [-0.05, 0) is 201 Å². The molecule has 0 saturated carbocycles. The molecular weight excluding hydrogens is 1180 g/mol. The summed E-state index contributed by atoms with van der Waals surface area (Å²) in [5.41, 5.74) is 8.12. The highest BCUT2D eigenvalue weighted by Crippen LogP contribution is 2.31. The minimum atomic E-state index is -0.305. The Morgan fingerprint density at radius 2 is 1.36 bits per heavy atom. The van der Waals surface area contributed by atoms with Crippen LogP contribution in [0, 0.1) is 10.7 Å². The number of halogens is 9. The van der Waals surface area contributed by atoms with Crippen LogP contribution in [-0.4, -0.2) is 35.4 Å². The van der Waals surface area contributed by atoms with E-state index in [2.05, 4.69) is 121 Å². The van der Waals surface area contributed by atoms with Crippen molar-refractivity contribution in [3.05, 3.63) is 78.7 Å². The normalized spacial score (nSPS) is 11.8. The Morgan fingerprint density at radius 1 is 0.822 bits per heavy atom. The maximum absolute atomic E-state index is 11.5. The number of carbonyl (C=O) groups is 3. The topological polar surface area (TPSA) is 92.5 Å². The van der Waals surface area contributed by atoms with Gasteiger partial charge in [-0.15, -0.1) is 23.2 Å². The number of anilines is 3. The van der Waals surface area contributed by atoms with Gasteiger partial charge < -0.3 is 16.0 Å². The first-order valence-electron chi connectivity index (χ1n) is 13.3. The molecule has 1 saturated heterocycles. The first kappa shape index (κ1) is 43.6. The highest BCUT2D eigenvalue weighted by molar-refractivity contribution is 14.1. The zero-order valence-corrected chi connectivity index (χ0v) is 37.2. The third-order valence-corrected chi connectivity index (χ3v) is 10.2. The Kier molecular flexibility index (Phi) is 23.9. The van der Waals surface area contributed by atoms with E-state index in [1.165, 1.54) is 7.14 Å². The van der Waals surface area contributed by atoms with Crippen molar-refractivity contribution in [3.63, 3.8) is 0 Å². The molecular formula is C30H30Br3Cl3I3N3O3. The van der Waals surface area contributed by atoms with E-state index in [1.807, 2.05) is 59.5 Å². The van der Waals surface area contributed by atoms with E-state index in [0.717, 1.165) is 47.0 Å². The first-order chi connectivity index (χ1) is 21.3. The number of amides is 2. The number of alkyl halides is 2. The molecule has 0 radical (unpaired) electrons. The van der Waals surface area contributed by atoms with Crippen molar-refractivity contribution in [2.24, 2.45) is 0 Å². The van der Waals surface area contributed by atoms with Crippen molar-refractivity contribution in [2.75, 3.05) is 34.3 Å². The lowest BCUT2D eigenvalue weighted by Crippen LogP contribution is -2.23. The van der Waals surface area contributed by atoms with Gasteiger partial charge >= 0.3 is 0 Å². The van der Waals surface area contributed by atoms with Gasteiger partial charge in [0.05, 0.1) is 11.4 Å². The molecule has 0 atom stereocenters. The summed E-state index contributed by atoms with van der Waals surface area (Å²) in [6.07, 6.45) is 3.89. The molecule has 3 N–H and O–H groups in total. The summed E-state index contributed by atoms with van der Waals surface area (Å²) in [7, 11) is 0. The molecule has 0 bridgehead atoms. The fourth-order valence-electron chi connectivity index (χ4n) is 3.34. The van der Waals surface area contributed by atoms with E-state index in [-0.39, 0.29) is 17.1 Å². The molecule has 3 aromatic carbocycles. The summed E-state index contributed by atoms with van der Waals surface area (Å²) in [5, 5.41) is 2.52. The van der Waals surface area contributed by atoms with Crippen LogP contribution in [0.4, 0.5) is 17.1 Å². The van der Waals surface area contributed by atoms with Crippen LogP contribution in [0.25, 0.3) is 0 Å². The Hall–Kier alpha value is 0.570. The number of benzene rings is 3. The number of carbonyl (C=O) groups excluding carboxylic acids is 3. The molecule has 0 unspecified atom stereocenters. The van der Waals surface area contributed by atoms with E-state index >= 15 is 0 Å². The Labute approximate surface area is 345 Å². The quantitative estimate of drug-likeness (QED) is 0.102. The van der Waals surface area contributed by atoms with Crippen LogP contribution in [0.3, 0.4) is 0 Å². The molecule has 15 heteroatoms. The van der Waals surface area contributed by atoms with E-state index in [1.54, 1.807) is 0 Å². The van der Waals surface area contributed by atoms with Crippen LogP contribution in [0.15, 0.2) is 68.0 Å². The van der Waals surface area contributed by atoms with Gasteiger partial charge in [0, 0.05) is 67.4 Å². The molecule has 45 heavy (non-hydrogen) atoms. The fourth-order valence-corrected chi connectivity index (χ4v) is 7.95. The highest BCUT2D eigenvalue weighted by Gasteiger charge is 2.23. The van der Waals surface area contributed by atoms with Crippen molar-refractivity contribution in [1.82, 2.24) is 0 Å². The van der Waals surface area contributed by atoms with Gasteiger partial charge in [-0.3, -0.25) is 14.4 Å². The van der Waals surface area contributed by atoms with Gasteiger partial charge in [0.1, 0.15) is 0 Å². The Morgan fingerprint density at radius 3 is 1.80 bits per heavy atom. The third-order valence-electron chi connectivity index (χ3n) is 5.49. The summed E-state index contributed by atoms with van der Waals surface area (Å²) in [6, 6.07) is 17.7. The third kappa shape index (κ3) is 18.8. The van der Waals surface area contributed by atoms with Crippen LogP contribution in [0.2, 0.25) is 0 Å². The van der Waals surface area contributed by atoms with E-state index in [0.29, 0.717) is 43.9 Å². The second-order valence-electron chi connectivity index (χ2n) is 9.02. The lowest BCUT2D eigenvalue weighted by molar-refractivity contribution is -0.117. The van der Waals surface area contributed by atoms with Gasteiger partial charge in [-0.1, -0.05) is 0 Å². The molecule has 0 aromatic heterocycles. The monoisotopic (exact) mass is 1200 g/mol. The van der Waals surface area contributed by atoms with Crippen molar-refractivity contribution in [2.45, 2.75) is 38.5 Å². The zero-order valence-electron chi connectivity index (χ0n) is 23.7. The van der Waals surface area contributed by atoms with Crippen LogP contribution in [-0.2, 0) is 14.4 Å². The highest BCUT2D eigenvalue weighted by atomic mass is 127. The summed E-state index contributed by atoms with van der Waals surface area (Å²) in [4.78, 5) is 34.7. The minimum Gasteiger partial charge on any atom is -0.398 e. The van der Waals surface area contributed by atoms with E-state index in [9.17, 15) is 14.4 Å². The number of hydrogen-bond donors (Lipinski definition) is 2. The molecule has 0 spiro atoms. The fraction of sp³-hybridized carbons (Fsp3) is 0.300. The van der Waals surface area contributed by atoms with Crippen LogP contribution in [0.5, 0.6) is 0 Å². The van der Waals surface area contributed by atoms with E-state index in [4.69, 9.17) is 40.5 Å². The lowest BCUT2D eigenvalue weighted by Gasteiger charge is -2.17. The summed E-state index contributed by atoms with van der Waals surface area (Å²) < 4.78 is 6.35. The van der Waals surface area contributed by atoms with Gasteiger partial charge in [0.15, 0.2) is 0 Å². The Balaban J connectivity index is 0.000000313. The van der Waals surface area contributed by atoms with Crippen molar-refractivity contribution >= 4 is 184 Å². The number of nitrogens with zero attached hydrogens (tertiary/aromatic N) is 1. The van der Waals surface area contributed by atoms with Crippen molar-refractivity contribution < 1.29 is 14.4 Å². The van der Waals surface area contributed by atoms with E-state index < -0.39 is 0 Å².